The highest BCUT2D eigenvalue weighted by molar-refractivity contribution is 6.01. The molecule has 0 saturated heterocycles. The molecule has 3 N–H and O–H groups in total. The number of carbonyl (C=O) groups excluding carboxylic acids is 2. The summed E-state index contributed by atoms with van der Waals surface area (Å²) in [5.74, 6) is -0.636. The maximum atomic E-state index is 12.1. The Kier molecular flexibility index (Phi) is 5.64. The van der Waals surface area contributed by atoms with Gasteiger partial charge in [-0.1, -0.05) is 17.7 Å². The van der Waals surface area contributed by atoms with Gasteiger partial charge in [-0.3, -0.25) is 9.59 Å². The third-order valence-corrected chi connectivity index (χ3v) is 3.80. The predicted octanol–water partition coefficient (Wildman–Crippen LogP) is 2.69. The van der Waals surface area contributed by atoms with E-state index in [1.165, 1.54) is 19.2 Å². The first-order chi connectivity index (χ1) is 11.8. The molecule has 2 rings (SSSR count). The summed E-state index contributed by atoms with van der Waals surface area (Å²) in [5.41, 5.74) is 3.87. The average molecular weight is 342 g/mol. The molecule has 0 aromatic heterocycles. The molecule has 2 amide bonds. The number of hydrogen-bond donors (Lipinski definition) is 3. The van der Waals surface area contributed by atoms with Gasteiger partial charge in [0.2, 0.25) is 5.91 Å². The molecule has 0 aliphatic rings. The number of amides is 2. The summed E-state index contributed by atoms with van der Waals surface area (Å²) in [6, 6.07) is 8.31. The van der Waals surface area contributed by atoms with Gasteiger partial charge < -0.3 is 20.5 Å². The minimum Gasteiger partial charge on any atom is -0.507 e. The number of methoxy groups -OCH3 is 1. The molecule has 0 heterocycles. The number of benzene rings is 2. The van der Waals surface area contributed by atoms with Gasteiger partial charge in [0.15, 0.2) is 0 Å². The topological polar surface area (TPSA) is 87.7 Å². The summed E-state index contributed by atoms with van der Waals surface area (Å²) in [7, 11) is 1.47. The molecule has 0 spiro atoms. The monoisotopic (exact) mass is 342 g/mol. The summed E-state index contributed by atoms with van der Waals surface area (Å²) in [6.07, 6.45) is 0. The summed E-state index contributed by atoms with van der Waals surface area (Å²) >= 11 is 0. The van der Waals surface area contributed by atoms with Gasteiger partial charge in [-0.05, 0) is 44.0 Å². The Bertz CT molecular complexity index is 792. The number of phenolic OH excluding ortho intramolecular Hbond substituents is 1. The standard InChI is InChI=1S/C19H22N2O4/c1-11-7-12(2)18(13(3)8-11)21-17(23)10-20-19(24)15-6-5-14(25-4)9-16(15)22/h5-9,22H,10H2,1-4H3,(H,20,24)(H,21,23). The lowest BCUT2D eigenvalue weighted by Crippen LogP contribution is -2.33. The SMILES string of the molecule is COc1ccc(C(=O)NCC(=O)Nc2c(C)cc(C)cc2C)c(O)c1. The Hall–Kier alpha value is -3.02. The highest BCUT2D eigenvalue weighted by Crippen LogP contribution is 2.23. The van der Waals surface area contributed by atoms with Crippen molar-refractivity contribution in [1.82, 2.24) is 5.32 Å². The first-order valence-electron chi connectivity index (χ1n) is 7.84. The molecule has 132 valence electrons. The fourth-order valence-corrected chi connectivity index (χ4v) is 2.65. The van der Waals surface area contributed by atoms with Crippen LogP contribution in [-0.2, 0) is 4.79 Å². The molecule has 0 aliphatic heterocycles. The molecule has 6 nitrogen and oxygen atoms in total. The van der Waals surface area contributed by atoms with Gasteiger partial charge in [0, 0.05) is 11.8 Å². The van der Waals surface area contributed by atoms with Crippen molar-refractivity contribution in [2.24, 2.45) is 0 Å². The van der Waals surface area contributed by atoms with Crippen LogP contribution in [0.1, 0.15) is 27.0 Å². The molecule has 2 aromatic carbocycles. The van der Waals surface area contributed by atoms with Crippen LogP contribution in [0.3, 0.4) is 0 Å². The van der Waals surface area contributed by atoms with E-state index in [0.29, 0.717) is 5.75 Å². The maximum Gasteiger partial charge on any atom is 0.255 e. The lowest BCUT2D eigenvalue weighted by Gasteiger charge is -2.13. The minimum absolute atomic E-state index is 0.0799. The second-order valence-corrected chi connectivity index (χ2v) is 5.89. The van der Waals surface area contributed by atoms with E-state index in [4.69, 9.17) is 4.74 Å². The van der Waals surface area contributed by atoms with E-state index in [1.807, 2.05) is 32.9 Å². The van der Waals surface area contributed by atoms with Gasteiger partial charge in [-0.15, -0.1) is 0 Å². The van der Waals surface area contributed by atoms with Crippen molar-refractivity contribution in [2.45, 2.75) is 20.8 Å². The van der Waals surface area contributed by atoms with Crippen molar-refractivity contribution in [3.05, 3.63) is 52.6 Å². The zero-order valence-electron chi connectivity index (χ0n) is 14.8. The number of phenols is 1. The molecule has 0 saturated carbocycles. The number of aromatic hydroxyl groups is 1. The van der Waals surface area contributed by atoms with Crippen molar-refractivity contribution in [1.29, 1.82) is 0 Å². The second kappa shape index (κ2) is 7.70. The minimum atomic E-state index is -0.535. The van der Waals surface area contributed by atoms with E-state index in [9.17, 15) is 14.7 Å². The fraction of sp³-hybridized carbons (Fsp3) is 0.263. The van der Waals surface area contributed by atoms with Gasteiger partial charge in [-0.2, -0.15) is 0 Å². The van der Waals surface area contributed by atoms with Gasteiger partial charge in [0.25, 0.3) is 5.91 Å². The summed E-state index contributed by atoms with van der Waals surface area (Å²) < 4.78 is 4.97. The van der Waals surface area contributed by atoms with Gasteiger partial charge in [0.05, 0.1) is 19.2 Å². The molecule has 0 bridgehead atoms. The lowest BCUT2D eigenvalue weighted by atomic mass is 10.1. The number of carbonyl (C=O) groups is 2. The molecule has 0 aliphatic carbocycles. The maximum absolute atomic E-state index is 12.1. The average Bonchev–Trinajstić information content (AvgIpc) is 2.55. The van der Waals surface area contributed by atoms with Crippen LogP contribution in [0, 0.1) is 20.8 Å². The van der Waals surface area contributed by atoms with E-state index in [0.717, 1.165) is 22.4 Å². The summed E-state index contributed by atoms with van der Waals surface area (Å²) in [4.78, 5) is 24.2. The zero-order chi connectivity index (χ0) is 18.6. The number of hydrogen-bond acceptors (Lipinski definition) is 4. The molecule has 0 fully saturated rings. The van der Waals surface area contributed by atoms with E-state index in [1.54, 1.807) is 6.07 Å². The Morgan fingerprint density at radius 2 is 1.72 bits per heavy atom. The zero-order valence-corrected chi connectivity index (χ0v) is 14.8. The molecule has 2 aromatic rings. The van der Waals surface area contributed by atoms with Crippen molar-refractivity contribution in [3.63, 3.8) is 0 Å². The lowest BCUT2D eigenvalue weighted by molar-refractivity contribution is -0.115. The second-order valence-electron chi connectivity index (χ2n) is 5.89. The van der Waals surface area contributed by atoms with Crippen molar-refractivity contribution >= 4 is 17.5 Å². The van der Waals surface area contributed by atoms with Crippen LogP contribution >= 0.6 is 0 Å². The van der Waals surface area contributed by atoms with Crippen LogP contribution in [0.5, 0.6) is 11.5 Å². The van der Waals surface area contributed by atoms with E-state index in [-0.39, 0.29) is 23.8 Å². The number of ether oxygens (including phenoxy) is 1. The fourth-order valence-electron chi connectivity index (χ4n) is 2.65. The van der Waals surface area contributed by atoms with Crippen LogP contribution in [0.4, 0.5) is 5.69 Å². The number of anilines is 1. The van der Waals surface area contributed by atoms with Gasteiger partial charge in [0.1, 0.15) is 11.5 Å². The Balaban J connectivity index is 1.99. The smallest absolute Gasteiger partial charge is 0.255 e. The highest BCUT2D eigenvalue weighted by Gasteiger charge is 2.14. The predicted molar refractivity (Wildman–Crippen MR) is 96.3 cm³/mol. The van der Waals surface area contributed by atoms with Crippen LogP contribution in [0.25, 0.3) is 0 Å². The largest absolute Gasteiger partial charge is 0.507 e. The van der Waals surface area contributed by atoms with Gasteiger partial charge >= 0.3 is 0 Å². The normalized spacial score (nSPS) is 10.2. The summed E-state index contributed by atoms with van der Waals surface area (Å²) in [5, 5.41) is 15.2. The highest BCUT2D eigenvalue weighted by atomic mass is 16.5. The molecule has 0 atom stereocenters. The van der Waals surface area contributed by atoms with Crippen LogP contribution < -0.4 is 15.4 Å². The molecule has 6 heteroatoms. The third-order valence-electron chi connectivity index (χ3n) is 3.80. The van der Waals surface area contributed by atoms with Crippen LogP contribution in [0.15, 0.2) is 30.3 Å². The van der Waals surface area contributed by atoms with Crippen molar-refractivity contribution < 1.29 is 19.4 Å². The first kappa shape index (κ1) is 18.3. The molecular weight excluding hydrogens is 320 g/mol. The summed E-state index contributed by atoms with van der Waals surface area (Å²) in [6.45, 7) is 5.64. The molecule has 0 radical (unpaired) electrons. The van der Waals surface area contributed by atoms with Gasteiger partial charge in [-0.25, -0.2) is 0 Å². The Morgan fingerprint density at radius 1 is 1.08 bits per heavy atom. The molecular formula is C19H22N2O4. The number of nitrogens with one attached hydrogen (secondary N) is 2. The Morgan fingerprint density at radius 3 is 2.28 bits per heavy atom. The number of rotatable bonds is 5. The third kappa shape index (κ3) is 4.50. The molecule has 25 heavy (non-hydrogen) atoms. The first-order valence-corrected chi connectivity index (χ1v) is 7.84. The van der Waals surface area contributed by atoms with Crippen molar-refractivity contribution in [3.8, 4) is 11.5 Å². The Labute approximate surface area is 146 Å². The van der Waals surface area contributed by atoms with Crippen LogP contribution in [0.2, 0.25) is 0 Å². The van der Waals surface area contributed by atoms with Crippen LogP contribution in [-0.4, -0.2) is 30.6 Å². The van der Waals surface area contributed by atoms with E-state index in [2.05, 4.69) is 10.6 Å². The van der Waals surface area contributed by atoms with E-state index >= 15 is 0 Å². The molecule has 0 unspecified atom stereocenters. The quantitative estimate of drug-likeness (QED) is 0.779. The number of aryl methyl sites for hydroxylation is 3. The van der Waals surface area contributed by atoms with Crippen molar-refractivity contribution in [2.75, 3.05) is 19.0 Å². The van der Waals surface area contributed by atoms with E-state index < -0.39 is 5.91 Å².